The Kier molecular flexibility index (Phi) is 4.60. The quantitative estimate of drug-likeness (QED) is 0.886. The summed E-state index contributed by atoms with van der Waals surface area (Å²) in [5, 5.41) is 9.59. The van der Waals surface area contributed by atoms with E-state index in [1.807, 2.05) is 6.07 Å². The van der Waals surface area contributed by atoms with Crippen molar-refractivity contribution in [2.45, 2.75) is 43.6 Å². The lowest BCUT2D eigenvalue weighted by Crippen LogP contribution is -2.33. The van der Waals surface area contributed by atoms with Crippen LogP contribution in [-0.4, -0.2) is 26.2 Å². The van der Waals surface area contributed by atoms with E-state index in [9.17, 15) is 13.5 Å². The second-order valence-electron chi connectivity index (χ2n) is 5.30. The molecule has 2 atom stereocenters. The molecule has 1 aromatic rings. The molecule has 2 unspecified atom stereocenters. The molecule has 0 spiro atoms. The van der Waals surface area contributed by atoms with Crippen molar-refractivity contribution in [3.8, 4) is 0 Å². The maximum absolute atomic E-state index is 12.2. The van der Waals surface area contributed by atoms with Gasteiger partial charge in [-0.25, -0.2) is 13.1 Å². The summed E-state index contributed by atoms with van der Waals surface area (Å²) in [7, 11) is -3.44. The largest absolute Gasteiger partial charge is 0.393 e. The zero-order valence-electron chi connectivity index (χ0n) is 11.2. The molecule has 0 radical (unpaired) electrons. The van der Waals surface area contributed by atoms with E-state index in [2.05, 4.69) is 4.72 Å². The molecule has 1 fully saturated rings. The number of hydrogen-bond acceptors (Lipinski definition) is 3. The van der Waals surface area contributed by atoms with Crippen LogP contribution in [-0.2, 0) is 10.0 Å². The zero-order valence-corrected chi connectivity index (χ0v) is 12.0. The van der Waals surface area contributed by atoms with Gasteiger partial charge in [-0.3, -0.25) is 0 Å². The Balaban J connectivity index is 2.00. The fourth-order valence-corrected chi connectivity index (χ4v) is 3.97. The Bertz CT molecular complexity index is 527. The average Bonchev–Trinajstić information content (AvgIpc) is 2.37. The lowest BCUT2D eigenvalue weighted by atomic mass is 9.87. The molecule has 1 aromatic carbocycles. The summed E-state index contributed by atoms with van der Waals surface area (Å²) in [6.45, 7) is 2.20. The van der Waals surface area contributed by atoms with Crippen LogP contribution in [0.25, 0.3) is 0 Å². The van der Waals surface area contributed by atoms with Gasteiger partial charge in [0.2, 0.25) is 10.0 Å². The van der Waals surface area contributed by atoms with Crippen LogP contribution in [0.4, 0.5) is 0 Å². The molecule has 4 nitrogen and oxygen atoms in total. The Morgan fingerprint density at radius 2 is 2.05 bits per heavy atom. The molecule has 0 saturated heterocycles. The van der Waals surface area contributed by atoms with E-state index in [-0.39, 0.29) is 12.0 Å². The first-order chi connectivity index (χ1) is 8.99. The summed E-state index contributed by atoms with van der Waals surface area (Å²) in [5.74, 6) is 0.238. The van der Waals surface area contributed by atoms with Crippen molar-refractivity contribution >= 4 is 10.0 Å². The fourth-order valence-electron chi connectivity index (χ4n) is 2.61. The van der Waals surface area contributed by atoms with Crippen LogP contribution >= 0.6 is 0 Å². The van der Waals surface area contributed by atoms with E-state index in [1.165, 1.54) is 0 Å². The summed E-state index contributed by atoms with van der Waals surface area (Å²) in [4.78, 5) is 0.339. The molecule has 0 aromatic heterocycles. The average molecular weight is 283 g/mol. The molecule has 0 amide bonds. The van der Waals surface area contributed by atoms with E-state index in [1.54, 1.807) is 25.1 Å². The van der Waals surface area contributed by atoms with E-state index < -0.39 is 10.0 Å². The van der Waals surface area contributed by atoms with Crippen molar-refractivity contribution in [1.29, 1.82) is 0 Å². The van der Waals surface area contributed by atoms with E-state index in [0.717, 1.165) is 24.8 Å². The Hall–Kier alpha value is -0.910. The van der Waals surface area contributed by atoms with Crippen LogP contribution in [0.2, 0.25) is 0 Å². The van der Waals surface area contributed by atoms with Gasteiger partial charge in [0, 0.05) is 6.54 Å². The van der Waals surface area contributed by atoms with Gasteiger partial charge in [-0.15, -0.1) is 0 Å². The molecular weight excluding hydrogens is 262 g/mol. The summed E-state index contributed by atoms with van der Waals surface area (Å²) < 4.78 is 27.1. The molecule has 2 N–H and O–H groups in total. The van der Waals surface area contributed by atoms with Crippen molar-refractivity contribution in [3.05, 3.63) is 29.8 Å². The summed E-state index contributed by atoms with van der Waals surface area (Å²) in [5.41, 5.74) is 0.749. The van der Waals surface area contributed by atoms with Gasteiger partial charge >= 0.3 is 0 Å². The highest BCUT2D eigenvalue weighted by Gasteiger charge is 2.23. The third-order valence-corrected chi connectivity index (χ3v) is 5.28. The number of sulfonamides is 1. The monoisotopic (exact) mass is 283 g/mol. The second-order valence-corrected chi connectivity index (χ2v) is 7.04. The normalized spacial score (nSPS) is 24.3. The van der Waals surface area contributed by atoms with E-state index in [0.29, 0.717) is 17.9 Å². The minimum absolute atomic E-state index is 0.238. The number of aryl methyl sites for hydroxylation is 1. The highest BCUT2D eigenvalue weighted by Crippen LogP contribution is 2.24. The lowest BCUT2D eigenvalue weighted by Gasteiger charge is -2.25. The lowest BCUT2D eigenvalue weighted by molar-refractivity contribution is 0.102. The third-order valence-electron chi connectivity index (χ3n) is 3.70. The Morgan fingerprint density at radius 3 is 2.74 bits per heavy atom. The molecular formula is C14H21NO3S. The first-order valence-electron chi connectivity index (χ1n) is 6.72. The van der Waals surface area contributed by atoms with Crippen LogP contribution in [0.15, 0.2) is 29.2 Å². The van der Waals surface area contributed by atoms with Gasteiger partial charge in [0.05, 0.1) is 11.0 Å². The number of aliphatic hydroxyl groups is 1. The van der Waals surface area contributed by atoms with Crippen molar-refractivity contribution in [2.75, 3.05) is 6.54 Å². The van der Waals surface area contributed by atoms with Gasteiger partial charge in [-0.05, 0) is 43.7 Å². The number of benzene rings is 1. The molecule has 0 heterocycles. The van der Waals surface area contributed by atoms with Crippen molar-refractivity contribution < 1.29 is 13.5 Å². The van der Waals surface area contributed by atoms with Gasteiger partial charge in [0.25, 0.3) is 0 Å². The number of aliphatic hydroxyl groups excluding tert-OH is 1. The first kappa shape index (κ1) is 14.5. The predicted molar refractivity (Wildman–Crippen MR) is 74.3 cm³/mol. The molecule has 1 saturated carbocycles. The van der Waals surface area contributed by atoms with E-state index >= 15 is 0 Å². The van der Waals surface area contributed by atoms with Gasteiger partial charge in [0.15, 0.2) is 0 Å². The Labute approximate surface area is 114 Å². The molecule has 1 aliphatic carbocycles. The maximum atomic E-state index is 12.2. The van der Waals surface area contributed by atoms with Crippen LogP contribution in [0.5, 0.6) is 0 Å². The number of hydrogen-bond donors (Lipinski definition) is 2. The molecule has 19 heavy (non-hydrogen) atoms. The van der Waals surface area contributed by atoms with Crippen molar-refractivity contribution in [1.82, 2.24) is 4.72 Å². The highest BCUT2D eigenvalue weighted by atomic mass is 32.2. The molecule has 0 aliphatic heterocycles. The van der Waals surface area contributed by atoms with Gasteiger partial charge in [0.1, 0.15) is 0 Å². The van der Waals surface area contributed by atoms with Crippen LogP contribution in [0, 0.1) is 12.8 Å². The number of rotatable bonds is 4. The molecule has 106 valence electrons. The Morgan fingerprint density at radius 1 is 1.32 bits per heavy atom. The molecule has 2 rings (SSSR count). The molecule has 0 bridgehead atoms. The first-order valence-corrected chi connectivity index (χ1v) is 8.21. The second kappa shape index (κ2) is 6.03. The highest BCUT2D eigenvalue weighted by molar-refractivity contribution is 7.89. The van der Waals surface area contributed by atoms with Gasteiger partial charge in [-0.1, -0.05) is 24.6 Å². The summed E-state index contributed by atoms with van der Waals surface area (Å²) in [6.07, 6.45) is 3.20. The predicted octanol–water partition coefficient (Wildman–Crippen LogP) is 1.82. The number of nitrogens with one attached hydrogen (secondary N) is 1. The minimum atomic E-state index is -3.44. The van der Waals surface area contributed by atoms with Gasteiger partial charge < -0.3 is 5.11 Å². The smallest absolute Gasteiger partial charge is 0.240 e. The summed E-state index contributed by atoms with van der Waals surface area (Å²) in [6, 6.07) is 6.96. The molecule has 1 aliphatic rings. The molecule has 5 heteroatoms. The van der Waals surface area contributed by atoms with Crippen LogP contribution in [0.1, 0.15) is 31.2 Å². The van der Waals surface area contributed by atoms with Crippen molar-refractivity contribution in [2.24, 2.45) is 5.92 Å². The zero-order chi connectivity index (χ0) is 13.9. The maximum Gasteiger partial charge on any atom is 0.240 e. The standard InChI is InChI=1S/C14H21NO3S/c1-11-5-2-3-8-14(11)19(17,18)15-10-12-6-4-7-13(16)9-12/h2-3,5,8,12-13,15-16H,4,6-7,9-10H2,1H3. The van der Waals surface area contributed by atoms with Crippen molar-refractivity contribution in [3.63, 3.8) is 0 Å². The third kappa shape index (κ3) is 3.78. The van der Waals surface area contributed by atoms with Gasteiger partial charge in [-0.2, -0.15) is 0 Å². The minimum Gasteiger partial charge on any atom is -0.393 e. The van der Waals surface area contributed by atoms with E-state index in [4.69, 9.17) is 0 Å². The SMILES string of the molecule is Cc1ccccc1S(=O)(=O)NCC1CCCC(O)C1. The fraction of sp³-hybridized carbons (Fsp3) is 0.571. The topological polar surface area (TPSA) is 66.4 Å². The van der Waals surface area contributed by atoms with Crippen LogP contribution in [0.3, 0.4) is 0 Å². The van der Waals surface area contributed by atoms with Crippen LogP contribution < -0.4 is 4.72 Å². The summed E-state index contributed by atoms with van der Waals surface area (Å²) >= 11 is 0.